The Bertz CT molecular complexity index is 1020. The van der Waals surface area contributed by atoms with Crippen LogP contribution in [0.5, 0.6) is 0 Å². The van der Waals surface area contributed by atoms with Gasteiger partial charge in [-0.25, -0.2) is 4.68 Å². The number of halogens is 3. The van der Waals surface area contributed by atoms with Gasteiger partial charge in [-0.05, 0) is 48.0 Å². The Morgan fingerprint density at radius 3 is 2.23 bits per heavy atom. The lowest BCUT2D eigenvalue weighted by molar-refractivity contribution is -0.141. The van der Waals surface area contributed by atoms with Crippen LogP contribution in [0, 0.1) is 0 Å². The largest absolute Gasteiger partial charge is 0.435 e. The maximum atomic E-state index is 12.7. The number of morpholine rings is 1. The molecular formula is C22H21F3N4O2. The Morgan fingerprint density at radius 2 is 1.61 bits per heavy atom. The number of alkyl halides is 3. The van der Waals surface area contributed by atoms with Crippen molar-refractivity contribution in [2.24, 2.45) is 0 Å². The van der Waals surface area contributed by atoms with Crippen LogP contribution in [0.2, 0.25) is 0 Å². The van der Waals surface area contributed by atoms with E-state index in [1.54, 1.807) is 36.4 Å². The zero-order chi connectivity index (χ0) is 21.8. The number of nitrogens with zero attached hydrogens (tertiary/aromatic N) is 3. The summed E-state index contributed by atoms with van der Waals surface area (Å²) in [6.07, 6.45) is -3.21. The number of rotatable bonds is 5. The lowest BCUT2D eigenvalue weighted by atomic mass is 10.1. The lowest BCUT2D eigenvalue weighted by Crippen LogP contribution is -2.36. The van der Waals surface area contributed by atoms with Crippen molar-refractivity contribution in [2.45, 2.75) is 12.7 Å². The van der Waals surface area contributed by atoms with E-state index in [1.807, 2.05) is 12.1 Å². The molecule has 1 amide bonds. The number of aromatic nitrogens is 2. The maximum Gasteiger partial charge on any atom is 0.435 e. The summed E-state index contributed by atoms with van der Waals surface area (Å²) in [5.74, 6) is -0.195. The van der Waals surface area contributed by atoms with Crippen LogP contribution in [-0.2, 0) is 17.5 Å². The Morgan fingerprint density at radius 1 is 0.968 bits per heavy atom. The van der Waals surface area contributed by atoms with Gasteiger partial charge >= 0.3 is 6.18 Å². The number of benzene rings is 2. The minimum atomic E-state index is -4.48. The topological polar surface area (TPSA) is 59.4 Å². The number of hydrogen-bond acceptors (Lipinski definition) is 4. The van der Waals surface area contributed by atoms with Gasteiger partial charge in [-0.3, -0.25) is 4.79 Å². The van der Waals surface area contributed by atoms with Crippen molar-refractivity contribution in [2.75, 3.05) is 31.2 Å². The SMILES string of the molecule is O=C(NCc1ccc(-n2ccc(C(F)(F)F)n2)cc1)c1ccc(N2CCOCC2)cc1. The zero-order valence-corrected chi connectivity index (χ0v) is 16.6. The molecule has 1 saturated heterocycles. The molecule has 1 N–H and O–H groups in total. The summed E-state index contributed by atoms with van der Waals surface area (Å²) in [5, 5.41) is 6.40. The van der Waals surface area contributed by atoms with Gasteiger partial charge in [0.25, 0.3) is 5.91 Å². The van der Waals surface area contributed by atoms with Gasteiger partial charge in [-0.1, -0.05) is 12.1 Å². The van der Waals surface area contributed by atoms with Crippen molar-refractivity contribution < 1.29 is 22.7 Å². The van der Waals surface area contributed by atoms with Gasteiger partial charge in [0.1, 0.15) is 0 Å². The maximum absolute atomic E-state index is 12.7. The normalized spacial score (nSPS) is 14.5. The van der Waals surface area contributed by atoms with Crippen LogP contribution in [0.25, 0.3) is 5.69 Å². The van der Waals surface area contributed by atoms with E-state index >= 15 is 0 Å². The highest BCUT2D eigenvalue weighted by Gasteiger charge is 2.33. The highest BCUT2D eigenvalue weighted by molar-refractivity contribution is 5.94. The van der Waals surface area contributed by atoms with Crippen molar-refractivity contribution in [3.8, 4) is 5.69 Å². The monoisotopic (exact) mass is 430 g/mol. The minimum absolute atomic E-state index is 0.195. The Hall–Kier alpha value is -3.33. The Labute approximate surface area is 177 Å². The number of nitrogens with one attached hydrogen (secondary N) is 1. The van der Waals surface area contributed by atoms with E-state index in [9.17, 15) is 18.0 Å². The van der Waals surface area contributed by atoms with Gasteiger partial charge < -0.3 is 15.0 Å². The van der Waals surface area contributed by atoms with Crippen molar-refractivity contribution in [3.05, 3.63) is 77.6 Å². The number of ether oxygens (including phenoxy) is 1. The quantitative estimate of drug-likeness (QED) is 0.671. The van der Waals surface area contributed by atoms with Crippen molar-refractivity contribution in [3.63, 3.8) is 0 Å². The molecule has 2 heterocycles. The summed E-state index contributed by atoms with van der Waals surface area (Å²) < 4.78 is 44.6. The minimum Gasteiger partial charge on any atom is -0.378 e. The molecular weight excluding hydrogens is 409 g/mol. The molecule has 1 aliphatic rings. The average Bonchev–Trinajstić information content (AvgIpc) is 3.30. The van der Waals surface area contributed by atoms with Gasteiger partial charge in [0.15, 0.2) is 5.69 Å². The summed E-state index contributed by atoms with van der Waals surface area (Å²) in [4.78, 5) is 14.6. The van der Waals surface area contributed by atoms with Gasteiger partial charge in [0.2, 0.25) is 0 Å². The first-order chi connectivity index (χ1) is 14.9. The third-order valence-electron chi connectivity index (χ3n) is 5.04. The molecule has 1 fully saturated rings. The number of carbonyl (C=O) groups is 1. The summed E-state index contributed by atoms with van der Waals surface area (Å²) in [7, 11) is 0. The fourth-order valence-electron chi connectivity index (χ4n) is 3.32. The predicted molar refractivity (Wildman–Crippen MR) is 109 cm³/mol. The van der Waals surface area contributed by atoms with Crippen molar-refractivity contribution in [1.82, 2.24) is 15.1 Å². The fraction of sp³-hybridized carbons (Fsp3) is 0.273. The van der Waals surface area contributed by atoms with Crippen LogP contribution in [0.15, 0.2) is 60.8 Å². The first kappa shape index (κ1) is 20.9. The highest BCUT2D eigenvalue weighted by atomic mass is 19.4. The van der Waals surface area contributed by atoms with Crippen LogP contribution in [0.1, 0.15) is 21.6 Å². The second kappa shape index (κ2) is 8.81. The smallest absolute Gasteiger partial charge is 0.378 e. The highest BCUT2D eigenvalue weighted by Crippen LogP contribution is 2.27. The predicted octanol–water partition coefficient (Wildman–Crippen LogP) is 3.66. The molecule has 6 nitrogen and oxygen atoms in total. The summed E-state index contributed by atoms with van der Waals surface area (Å²) in [6, 6.07) is 15.2. The summed E-state index contributed by atoms with van der Waals surface area (Å²) >= 11 is 0. The molecule has 1 aromatic heterocycles. The van der Waals surface area contributed by atoms with E-state index in [1.165, 1.54) is 10.9 Å². The molecule has 0 spiro atoms. The van der Waals surface area contributed by atoms with E-state index < -0.39 is 11.9 Å². The van der Waals surface area contributed by atoms with E-state index in [2.05, 4.69) is 15.3 Å². The molecule has 3 aromatic rings. The van der Waals surface area contributed by atoms with E-state index in [4.69, 9.17) is 4.74 Å². The Balaban J connectivity index is 1.33. The second-order valence-corrected chi connectivity index (χ2v) is 7.14. The molecule has 0 atom stereocenters. The zero-order valence-electron chi connectivity index (χ0n) is 16.6. The Kier molecular flexibility index (Phi) is 5.94. The van der Waals surface area contributed by atoms with E-state index in [0.29, 0.717) is 31.0 Å². The number of hydrogen-bond donors (Lipinski definition) is 1. The lowest BCUT2D eigenvalue weighted by Gasteiger charge is -2.28. The molecule has 0 unspecified atom stereocenters. The third kappa shape index (κ3) is 5.05. The average molecular weight is 430 g/mol. The van der Waals surface area contributed by atoms with Gasteiger partial charge in [0.05, 0.1) is 18.9 Å². The van der Waals surface area contributed by atoms with Gasteiger partial charge in [-0.15, -0.1) is 0 Å². The van der Waals surface area contributed by atoms with Crippen molar-refractivity contribution >= 4 is 11.6 Å². The van der Waals surface area contributed by atoms with Crippen LogP contribution < -0.4 is 10.2 Å². The second-order valence-electron chi connectivity index (χ2n) is 7.14. The molecule has 0 radical (unpaired) electrons. The fourth-order valence-corrected chi connectivity index (χ4v) is 3.32. The molecule has 9 heteroatoms. The first-order valence-electron chi connectivity index (χ1n) is 9.83. The molecule has 2 aromatic carbocycles. The molecule has 4 rings (SSSR count). The standard InChI is InChI=1S/C22H21F3N4O2/c23-22(24,25)20-9-10-29(27-20)19-5-1-16(2-6-19)15-26-21(30)17-3-7-18(8-4-17)28-11-13-31-14-12-28/h1-10H,11-15H2,(H,26,30). The van der Waals surface area contributed by atoms with Crippen LogP contribution in [0.3, 0.4) is 0 Å². The summed E-state index contributed by atoms with van der Waals surface area (Å²) in [5.41, 5.74) is 2.01. The van der Waals surface area contributed by atoms with Gasteiger partial charge in [-0.2, -0.15) is 18.3 Å². The van der Waals surface area contributed by atoms with E-state index in [-0.39, 0.29) is 5.91 Å². The number of anilines is 1. The number of amides is 1. The number of carbonyl (C=O) groups excluding carboxylic acids is 1. The van der Waals surface area contributed by atoms with Gasteiger partial charge in [0, 0.05) is 37.1 Å². The molecule has 31 heavy (non-hydrogen) atoms. The van der Waals surface area contributed by atoms with E-state index in [0.717, 1.165) is 30.4 Å². The first-order valence-corrected chi connectivity index (χ1v) is 9.83. The third-order valence-corrected chi connectivity index (χ3v) is 5.04. The van der Waals surface area contributed by atoms with Crippen LogP contribution >= 0.6 is 0 Å². The van der Waals surface area contributed by atoms with Crippen molar-refractivity contribution in [1.29, 1.82) is 0 Å². The molecule has 0 saturated carbocycles. The molecule has 162 valence electrons. The molecule has 1 aliphatic heterocycles. The van der Waals surface area contributed by atoms with Crippen LogP contribution in [-0.4, -0.2) is 42.0 Å². The molecule has 0 aliphatic carbocycles. The van der Waals surface area contributed by atoms with Crippen LogP contribution in [0.4, 0.5) is 18.9 Å². The summed E-state index contributed by atoms with van der Waals surface area (Å²) in [6.45, 7) is 3.36. The molecule has 0 bridgehead atoms.